The molecule has 0 fully saturated rings. The second kappa shape index (κ2) is 5.16. The lowest BCUT2D eigenvalue weighted by Gasteiger charge is -1.87. The van der Waals surface area contributed by atoms with Crippen LogP contribution in [0.4, 0.5) is 0 Å². The van der Waals surface area contributed by atoms with Crippen molar-refractivity contribution in [2.24, 2.45) is 0 Å². The van der Waals surface area contributed by atoms with Crippen molar-refractivity contribution >= 4 is 8.03 Å². The predicted octanol–water partition coefficient (Wildman–Crippen LogP) is 1.11. The van der Waals surface area contributed by atoms with Crippen LogP contribution in [0.15, 0.2) is 0 Å². The number of hydrogen-bond acceptors (Lipinski definition) is 2. The monoisotopic (exact) mass is 137 g/mol. The Kier molecular flexibility index (Phi) is 5.18. The molecule has 0 rings (SSSR count). The molecule has 4 heteroatoms. The molecule has 0 heterocycles. The van der Waals surface area contributed by atoms with Gasteiger partial charge in [-0.2, -0.15) is 4.89 Å². The Labute approximate surface area is 49.5 Å². The number of rotatable bonds is 4. The molecule has 0 aromatic heterocycles. The molecule has 1 N–H and O–H groups in total. The van der Waals surface area contributed by atoms with E-state index >= 15 is 0 Å². The molecule has 0 aromatic carbocycles. The minimum atomic E-state index is -2.08. The summed E-state index contributed by atoms with van der Waals surface area (Å²) >= 11 is 0. The minimum absolute atomic E-state index is 0.0246. The zero-order valence-electron chi connectivity index (χ0n) is 4.83. The first-order valence-electron chi connectivity index (χ1n) is 2.48. The molecule has 1 atom stereocenters. The summed E-state index contributed by atoms with van der Waals surface area (Å²) in [5, 5.41) is 0. The van der Waals surface area contributed by atoms with E-state index in [-0.39, 0.29) is 6.35 Å². The lowest BCUT2D eigenvalue weighted by atomic mass is 10.5. The summed E-state index contributed by atoms with van der Waals surface area (Å²) < 4.78 is 14.6. The minimum Gasteiger partial charge on any atom is -0.335 e. The third kappa shape index (κ3) is 6.02. The van der Waals surface area contributed by atoms with Crippen molar-refractivity contribution < 1.29 is 14.2 Å². The van der Waals surface area contributed by atoms with Gasteiger partial charge in [-0.1, -0.05) is 6.92 Å². The molecule has 0 aliphatic rings. The fourth-order valence-corrected chi connectivity index (χ4v) is 0.572. The quantitative estimate of drug-likeness (QED) is 0.466. The average Bonchev–Trinajstić information content (AvgIpc) is 1.66. The van der Waals surface area contributed by atoms with Gasteiger partial charge in [-0.05, 0) is 11.0 Å². The molecule has 0 amide bonds. The summed E-state index contributed by atoms with van der Waals surface area (Å²) in [6.07, 6.45) is 0.867. The van der Waals surface area contributed by atoms with Crippen LogP contribution in [-0.4, -0.2) is 17.8 Å². The first-order chi connectivity index (χ1) is 3.77. The smallest absolute Gasteiger partial charge is 0.335 e. The number of hydrogen-bond donors (Lipinski definition) is 1. The Morgan fingerprint density at radius 2 is 2.38 bits per heavy atom. The van der Waals surface area contributed by atoms with E-state index in [9.17, 15) is 4.57 Å². The molecule has 1 unspecified atom stereocenters. The van der Waals surface area contributed by atoms with Crippen molar-refractivity contribution in [1.29, 1.82) is 0 Å². The van der Waals surface area contributed by atoms with Gasteiger partial charge in [0.05, 0.1) is 6.61 Å². The molecule has 3 nitrogen and oxygen atoms in total. The summed E-state index contributed by atoms with van der Waals surface area (Å²) in [5.41, 5.74) is 0. The Morgan fingerprint density at radius 1 is 1.75 bits per heavy atom. The molecule has 0 aliphatic heterocycles. The highest BCUT2D eigenvalue weighted by molar-refractivity contribution is 7.37. The SMILES string of the molecule is CCCOC[P+](=O)O. The zero-order valence-corrected chi connectivity index (χ0v) is 5.73. The first kappa shape index (κ1) is 8.02. The summed E-state index contributed by atoms with van der Waals surface area (Å²) in [4.78, 5) is 8.16. The molecule has 8 heavy (non-hydrogen) atoms. The maximum absolute atomic E-state index is 9.90. The van der Waals surface area contributed by atoms with Crippen LogP contribution in [0.25, 0.3) is 0 Å². The summed E-state index contributed by atoms with van der Waals surface area (Å²) in [7, 11) is -2.08. The summed E-state index contributed by atoms with van der Waals surface area (Å²) in [6, 6.07) is 0. The molecular formula is C4H10O3P+. The van der Waals surface area contributed by atoms with Gasteiger partial charge in [-0.3, -0.25) is 0 Å². The van der Waals surface area contributed by atoms with Crippen molar-refractivity contribution in [2.75, 3.05) is 13.0 Å². The molecular weight excluding hydrogens is 127 g/mol. The van der Waals surface area contributed by atoms with E-state index in [1.807, 2.05) is 6.92 Å². The van der Waals surface area contributed by atoms with Crippen molar-refractivity contribution in [2.45, 2.75) is 13.3 Å². The highest BCUT2D eigenvalue weighted by Crippen LogP contribution is 2.11. The molecule has 0 spiro atoms. The summed E-state index contributed by atoms with van der Waals surface area (Å²) in [5.74, 6) is 0. The maximum atomic E-state index is 9.90. The van der Waals surface area contributed by atoms with E-state index in [4.69, 9.17) is 9.63 Å². The predicted molar refractivity (Wildman–Crippen MR) is 30.9 cm³/mol. The van der Waals surface area contributed by atoms with E-state index in [0.29, 0.717) is 6.61 Å². The van der Waals surface area contributed by atoms with Gasteiger partial charge in [0, 0.05) is 0 Å². The van der Waals surface area contributed by atoms with Crippen LogP contribution in [0.5, 0.6) is 0 Å². The van der Waals surface area contributed by atoms with Gasteiger partial charge in [-0.15, -0.1) is 0 Å². The van der Waals surface area contributed by atoms with Crippen molar-refractivity contribution in [3.05, 3.63) is 0 Å². The van der Waals surface area contributed by atoms with Gasteiger partial charge in [0.25, 0.3) is 6.35 Å². The second-order valence-corrected chi connectivity index (χ2v) is 2.35. The van der Waals surface area contributed by atoms with Crippen LogP contribution >= 0.6 is 8.03 Å². The Hall–Kier alpha value is 0.0200. The van der Waals surface area contributed by atoms with Crippen molar-refractivity contribution in [3.8, 4) is 0 Å². The third-order valence-corrected chi connectivity index (χ3v) is 0.954. The van der Waals surface area contributed by atoms with Crippen LogP contribution < -0.4 is 0 Å². The van der Waals surface area contributed by atoms with Crippen LogP contribution in [0, 0.1) is 0 Å². The third-order valence-electron chi connectivity index (χ3n) is 0.550. The van der Waals surface area contributed by atoms with E-state index in [2.05, 4.69) is 0 Å². The Balaban J connectivity index is 2.82. The first-order valence-corrected chi connectivity index (χ1v) is 3.88. The fraction of sp³-hybridized carbons (Fsp3) is 1.00. The normalized spacial score (nSPS) is 11.5. The lowest BCUT2D eigenvalue weighted by Crippen LogP contribution is -1.89. The largest absolute Gasteiger partial charge is 0.534 e. The van der Waals surface area contributed by atoms with Gasteiger partial charge in [0.1, 0.15) is 0 Å². The van der Waals surface area contributed by atoms with E-state index in [1.54, 1.807) is 0 Å². The van der Waals surface area contributed by atoms with Gasteiger partial charge < -0.3 is 4.74 Å². The zero-order chi connectivity index (χ0) is 6.41. The molecule has 0 radical (unpaired) electrons. The maximum Gasteiger partial charge on any atom is 0.534 e. The van der Waals surface area contributed by atoms with Crippen molar-refractivity contribution in [1.82, 2.24) is 0 Å². The molecule has 0 aliphatic carbocycles. The Bertz CT molecular complexity index is 73.7. The summed E-state index contributed by atoms with van der Waals surface area (Å²) in [6.45, 7) is 2.52. The second-order valence-electron chi connectivity index (χ2n) is 1.39. The van der Waals surface area contributed by atoms with Crippen LogP contribution in [0.1, 0.15) is 13.3 Å². The van der Waals surface area contributed by atoms with Gasteiger partial charge in [0.15, 0.2) is 0 Å². The van der Waals surface area contributed by atoms with E-state index < -0.39 is 8.03 Å². The molecule has 0 saturated heterocycles. The highest BCUT2D eigenvalue weighted by Gasteiger charge is 2.07. The van der Waals surface area contributed by atoms with E-state index in [0.717, 1.165) is 6.42 Å². The molecule has 0 saturated carbocycles. The van der Waals surface area contributed by atoms with Gasteiger partial charge >= 0.3 is 8.03 Å². The van der Waals surface area contributed by atoms with Crippen molar-refractivity contribution in [3.63, 3.8) is 0 Å². The van der Waals surface area contributed by atoms with Gasteiger partial charge in [0.2, 0.25) is 0 Å². The van der Waals surface area contributed by atoms with Crippen LogP contribution in [0.2, 0.25) is 0 Å². The van der Waals surface area contributed by atoms with Crippen LogP contribution in [0.3, 0.4) is 0 Å². The lowest BCUT2D eigenvalue weighted by molar-refractivity contribution is 0.172. The van der Waals surface area contributed by atoms with Crippen LogP contribution in [-0.2, 0) is 9.30 Å². The van der Waals surface area contributed by atoms with Gasteiger partial charge in [-0.25, -0.2) is 0 Å². The van der Waals surface area contributed by atoms with E-state index in [1.165, 1.54) is 0 Å². The topological polar surface area (TPSA) is 46.5 Å². The molecule has 0 bridgehead atoms. The fourth-order valence-electron chi connectivity index (χ4n) is 0.287. The molecule has 0 aromatic rings. The Morgan fingerprint density at radius 3 is 2.75 bits per heavy atom. The number of ether oxygens (including phenoxy) is 1. The standard InChI is InChI=1S/C4H9O3P/c1-2-3-7-4-8(5)6/h2-4H2,1H3/p+1. The highest BCUT2D eigenvalue weighted by atomic mass is 31.1. The average molecular weight is 137 g/mol. The molecule has 48 valence electrons.